The Morgan fingerprint density at radius 1 is 0.981 bits per heavy atom. The molecule has 0 unspecified atom stereocenters. The highest BCUT2D eigenvalue weighted by Gasteiger charge is 2.51. The van der Waals surface area contributed by atoms with Crippen molar-refractivity contribution < 1.29 is 23.8 Å². The molecule has 1 aliphatic carbocycles. The number of fused-ring (bicyclic) bond motifs is 2. The van der Waals surface area contributed by atoms with Crippen LogP contribution in [0.3, 0.4) is 0 Å². The van der Waals surface area contributed by atoms with E-state index in [0.29, 0.717) is 32.6 Å². The Hall–Kier alpha value is -5.57. The summed E-state index contributed by atoms with van der Waals surface area (Å²) in [6.45, 7) is 10.7. The van der Waals surface area contributed by atoms with Gasteiger partial charge in [-0.25, -0.2) is 9.59 Å². The largest absolute Gasteiger partial charge is 0.461 e. The zero-order valence-electron chi connectivity index (χ0n) is 31.9. The molecule has 12 nitrogen and oxygen atoms in total. The minimum Gasteiger partial charge on any atom is -0.461 e. The number of nitrogens with zero attached hydrogens (tertiary/aromatic N) is 7. The van der Waals surface area contributed by atoms with Gasteiger partial charge >= 0.3 is 18.2 Å². The number of aromatic nitrogens is 2. The molecule has 0 spiro atoms. The van der Waals surface area contributed by atoms with Gasteiger partial charge in [-0.2, -0.15) is 15.2 Å². The number of benzene rings is 3. The van der Waals surface area contributed by atoms with Gasteiger partial charge in [0, 0.05) is 49.9 Å². The van der Waals surface area contributed by atoms with Crippen LogP contribution in [0.2, 0.25) is 0 Å². The second-order valence-electron chi connectivity index (χ2n) is 15.6. The molecule has 1 saturated carbocycles. The molecule has 1 atom stereocenters. The van der Waals surface area contributed by atoms with E-state index in [1.807, 2.05) is 51.1 Å². The summed E-state index contributed by atoms with van der Waals surface area (Å²) in [5.74, 6) is 0.759. The number of hydrogen-bond acceptors (Lipinski definition) is 10. The first-order valence-corrected chi connectivity index (χ1v) is 18.8. The third-order valence-electron chi connectivity index (χ3n) is 10.7. The summed E-state index contributed by atoms with van der Waals surface area (Å²) in [5.41, 5.74) is 4.08. The molecular formula is C42H49N7O5. The number of ether oxygens (including phenoxy) is 3. The van der Waals surface area contributed by atoms with E-state index in [0.717, 1.165) is 47.7 Å². The molecule has 7 rings (SSSR count). The second-order valence-corrected chi connectivity index (χ2v) is 15.6. The van der Waals surface area contributed by atoms with Gasteiger partial charge < -0.3 is 33.8 Å². The highest BCUT2D eigenvalue weighted by molar-refractivity contribution is 5.97. The van der Waals surface area contributed by atoms with E-state index in [-0.39, 0.29) is 31.7 Å². The second kappa shape index (κ2) is 15.0. The smallest absolute Gasteiger partial charge is 0.410 e. The Kier molecular flexibility index (Phi) is 10.2. The Bertz CT molecular complexity index is 2050. The molecular weight excluding hydrogens is 683 g/mol. The quantitative estimate of drug-likeness (QED) is 0.177. The Balaban J connectivity index is 1.16. The van der Waals surface area contributed by atoms with Crippen molar-refractivity contribution in [2.45, 2.75) is 83.7 Å². The van der Waals surface area contributed by atoms with Gasteiger partial charge in [-0.15, -0.1) is 0 Å². The molecule has 3 heterocycles. The maximum Gasteiger partial charge on any atom is 0.410 e. The average Bonchev–Trinajstić information content (AvgIpc) is 3.96. The fourth-order valence-corrected chi connectivity index (χ4v) is 7.50. The lowest BCUT2D eigenvalue weighted by atomic mass is 9.99. The van der Waals surface area contributed by atoms with Crippen LogP contribution in [0, 0.1) is 18.3 Å². The molecule has 54 heavy (non-hydrogen) atoms. The number of rotatable bonds is 9. The van der Waals surface area contributed by atoms with E-state index in [1.54, 1.807) is 16.8 Å². The fraction of sp³-hybridized carbons (Fsp3) is 0.452. The van der Waals surface area contributed by atoms with Gasteiger partial charge in [0.2, 0.25) is 0 Å². The van der Waals surface area contributed by atoms with Gasteiger partial charge in [-0.05, 0) is 69.5 Å². The van der Waals surface area contributed by atoms with Crippen LogP contribution in [0.15, 0.2) is 66.7 Å². The van der Waals surface area contributed by atoms with Crippen molar-refractivity contribution in [2.75, 3.05) is 49.6 Å². The molecule has 3 aliphatic rings. The van der Waals surface area contributed by atoms with E-state index in [2.05, 4.69) is 59.2 Å². The number of carbonyl (C=O) groups is 2. The molecule has 0 N–H and O–H groups in total. The summed E-state index contributed by atoms with van der Waals surface area (Å²) in [4.78, 5) is 44.2. The van der Waals surface area contributed by atoms with Crippen LogP contribution in [0.4, 0.5) is 21.1 Å². The minimum atomic E-state index is -0.612. The highest BCUT2D eigenvalue weighted by atomic mass is 16.6. The Labute approximate surface area is 317 Å². The number of aryl methyl sites for hydroxylation is 1. The molecule has 3 aromatic carbocycles. The monoisotopic (exact) mass is 731 g/mol. The molecule has 0 radical (unpaired) electrons. The molecule has 4 aromatic rings. The minimum absolute atomic E-state index is 0.154. The summed E-state index contributed by atoms with van der Waals surface area (Å²) in [6.07, 6.45) is 1.61. The number of likely N-dealkylation sites (N-methyl/N-ethyl adjacent to an activating group) is 1. The number of piperazine rings is 1. The summed E-state index contributed by atoms with van der Waals surface area (Å²) in [6, 6.07) is 24.5. The molecule has 2 amide bonds. The maximum atomic E-state index is 13.3. The first kappa shape index (κ1) is 36.8. The van der Waals surface area contributed by atoms with Crippen LogP contribution in [-0.2, 0) is 29.0 Å². The van der Waals surface area contributed by atoms with E-state index < -0.39 is 23.3 Å². The van der Waals surface area contributed by atoms with Gasteiger partial charge in [0.25, 0.3) is 0 Å². The zero-order valence-corrected chi connectivity index (χ0v) is 31.9. The van der Waals surface area contributed by atoms with E-state index in [9.17, 15) is 14.9 Å². The van der Waals surface area contributed by atoms with Gasteiger partial charge in [0.05, 0.1) is 36.3 Å². The number of carbonyl (C=O) groups excluding carboxylic acids is 2. The van der Waals surface area contributed by atoms with Crippen molar-refractivity contribution in [1.82, 2.24) is 19.8 Å². The normalized spacial score (nSPS) is 17.7. The third kappa shape index (κ3) is 7.86. The van der Waals surface area contributed by atoms with Crippen molar-refractivity contribution in [3.8, 4) is 12.1 Å². The summed E-state index contributed by atoms with van der Waals surface area (Å²) >= 11 is 0. The third-order valence-corrected chi connectivity index (χ3v) is 10.7. The van der Waals surface area contributed by atoms with Gasteiger partial charge in [-0.1, -0.05) is 60.7 Å². The topological polar surface area (TPSA) is 124 Å². The van der Waals surface area contributed by atoms with E-state index in [4.69, 9.17) is 24.2 Å². The van der Waals surface area contributed by atoms with Crippen molar-refractivity contribution in [3.63, 3.8) is 0 Å². The Morgan fingerprint density at radius 2 is 1.74 bits per heavy atom. The van der Waals surface area contributed by atoms with Crippen LogP contribution < -0.4 is 14.5 Å². The number of hydrogen-bond donors (Lipinski definition) is 0. The van der Waals surface area contributed by atoms with Crippen LogP contribution in [-0.4, -0.2) is 89.0 Å². The summed E-state index contributed by atoms with van der Waals surface area (Å²) in [5, 5.41) is 12.2. The van der Waals surface area contributed by atoms with Crippen LogP contribution in [0.1, 0.15) is 62.4 Å². The Morgan fingerprint density at radius 3 is 2.46 bits per heavy atom. The standard InChI is InChI=1S/C42H49N7O5/c1-29-11-9-14-31-15-10-16-35(36(29)31)47-22-18-33-34(26-47)44-38(53-28-42(19-20-42)46(5)39(50)54-41(2,3)4)45-37(33)48-23-24-49(32(25-48)17-21-43)40(51)52-27-30-12-7-6-8-13-30/h6-16,32H,17-20,22-28H2,1-5H3/t32-/m0/s1. The SMILES string of the molecule is Cc1cccc2cccc(N3CCc4c(nc(OCC5(N(C)C(=O)OC(C)(C)C)CC5)nc4N4CCN(C(=O)OCc5ccccc5)[C@@H](CC#N)C4)C3)c12. The zero-order chi connectivity index (χ0) is 38.0. The molecule has 1 saturated heterocycles. The predicted octanol–water partition coefficient (Wildman–Crippen LogP) is 7.02. The lowest BCUT2D eigenvalue weighted by molar-refractivity contribution is 0.0134. The van der Waals surface area contributed by atoms with E-state index >= 15 is 0 Å². The van der Waals surface area contributed by atoms with Crippen molar-refractivity contribution in [3.05, 3.63) is 89.1 Å². The fourth-order valence-electron chi connectivity index (χ4n) is 7.50. The lowest BCUT2D eigenvalue weighted by Gasteiger charge is -2.42. The molecule has 1 aromatic heterocycles. The summed E-state index contributed by atoms with van der Waals surface area (Å²) < 4.78 is 17.8. The lowest BCUT2D eigenvalue weighted by Crippen LogP contribution is -2.55. The molecule has 0 bridgehead atoms. The molecule has 282 valence electrons. The number of anilines is 2. The van der Waals surface area contributed by atoms with Crippen molar-refractivity contribution >= 4 is 34.5 Å². The van der Waals surface area contributed by atoms with E-state index in [1.165, 1.54) is 16.3 Å². The number of nitriles is 1. The maximum absolute atomic E-state index is 13.3. The molecule has 12 heteroatoms. The van der Waals surface area contributed by atoms with Crippen LogP contribution in [0.5, 0.6) is 6.01 Å². The van der Waals surface area contributed by atoms with Gasteiger partial charge in [0.1, 0.15) is 24.6 Å². The van der Waals surface area contributed by atoms with Gasteiger partial charge in [-0.3, -0.25) is 0 Å². The van der Waals surface area contributed by atoms with Gasteiger partial charge in [0.15, 0.2) is 0 Å². The average molecular weight is 732 g/mol. The van der Waals surface area contributed by atoms with Crippen LogP contribution in [0.25, 0.3) is 10.8 Å². The number of amides is 2. The van der Waals surface area contributed by atoms with Crippen molar-refractivity contribution in [1.29, 1.82) is 5.26 Å². The summed E-state index contributed by atoms with van der Waals surface area (Å²) in [7, 11) is 1.76. The van der Waals surface area contributed by atoms with Crippen LogP contribution >= 0.6 is 0 Å². The first-order valence-electron chi connectivity index (χ1n) is 18.8. The highest BCUT2D eigenvalue weighted by Crippen LogP contribution is 2.42. The molecule has 2 aliphatic heterocycles. The first-order chi connectivity index (χ1) is 25.9. The van der Waals surface area contributed by atoms with Crippen molar-refractivity contribution in [2.24, 2.45) is 0 Å². The molecule has 2 fully saturated rings. The predicted molar refractivity (Wildman–Crippen MR) is 206 cm³/mol.